The number of carboxylic acid groups (broad SMARTS) is 2. The van der Waals surface area contributed by atoms with Gasteiger partial charge in [-0.25, -0.2) is 9.59 Å². The molecule has 2 saturated carbocycles. The van der Waals surface area contributed by atoms with Crippen LogP contribution < -0.4 is 0 Å². The second-order valence-corrected chi connectivity index (χ2v) is 20.0. The molecule has 4 heteroatoms. The van der Waals surface area contributed by atoms with Gasteiger partial charge in [-0.3, -0.25) is 0 Å². The van der Waals surface area contributed by atoms with Gasteiger partial charge in [-0.1, -0.05) is 110 Å². The lowest BCUT2D eigenvalue weighted by Gasteiger charge is -2.59. The fourth-order valence-electron chi connectivity index (χ4n) is 13.7. The topological polar surface area (TPSA) is 74.6 Å². The van der Waals surface area contributed by atoms with Crippen molar-refractivity contribution in [1.82, 2.24) is 0 Å². The Morgan fingerprint density at radius 2 is 1.17 bits per heavy atom. The zero-order valence-corrected chi connectivity index (χ0v) is 33.5. The molecule has 0 aromatic heterocycles. The van der Waals surface area contributed by atoms with Crippen molar-refractivity contribution in [1.29, 1.82) is 0 Å². The molecule has 2 N–H and O–H groups in total. The molecule has 0 spiro atoms. The molecule has 6 aliphatic rings. The average molecular weight is 707 g/mol. The molecule has 0 saturated heterocycles. The Bertz CT molecular complexity index is 1750. The first-order chi connectivity index (χ1) is 24.5. The zero-order chi connectivity index (χ0) is 37.4. The summed E-state index contributed by atoms with van der Waals surface area (Å²) < 4.78 is 0. The van der Waals surface area contributed by atoms with Crippen molar-refractivity contribution in [3.8, 4) is 0 Å². The second-order valence-electron chi connectivity index (χ2n) is 20.0. The van der Waals surface area contributed by atoms with Crippen molar-refractivity contribution in [3.63, 3.8) is 0 Å². The van der Waals surface area contributed by atoms with E-state index in [1.807, 2.05) is 6.07 Å². The molecular formula is C48H66O4. The van der Waals surface area contributed by atoms with Crippen molar-refractivity contribution in [3.05, 3.63) is 81.0 Å². The standard InChI is InChI=1S/C48H66O4/c1-29(2)31-12-17-38-33(25-31)14-19-40-45(5,21-9-23-47(38,40)7)27-35-11-16-36(43(49)50)42(44(51)52)37(35)28-46(6)22-10-24-48(8)39-18-13-32(30(3)4)26-34(39)15-20-41(46)48/h11,14-16,25-26,29-30,38-41H,9-10,12-13,17-24,27-28H2,1-8H3,(H,49,50)(H,51,52)/t38-,39-,40?,41?,45-,46-,47-,48-/m1/s1. The van der Waals surface area contributed by atoms with Crippen LogP contribution in [0.15, 0.2) is 58.7 Å². The molecule has 8 atom stereocenters. The highest BCUT2D eigenvalue weighted by molar-refractivity contribution is 6.03. The normalized spacial score (nSPS) is 37.1. The van der Waals surface area contributed by atoms with Gasteiger partial charge in [0.05, 0.1) is 11.1 Å². The molecule has 2 fully saturated rings. The summed E-state index contributed by atoms with van der Waals surface area (Å²) >= 11 is 0. The molecule has 6 aliphatic carbocycles. The maximum Gasteiger partial charge on any atom is 0.336 e. The number of hydrogen-bond donors (Lipinski definition) is 2. The van der Waals surface area contributed by atoms with Crippen LogP contribution in [0.25, 0.3) is 0 Å². The summed E-state index contributed by atoms with van der Waals surface area (Å²) in [5.41, 5.74) is 8.35. The predicted octanol–water partition coefficient (Wildman–Crippen LogP) is 12.4. The molecule has 1 aromatic rings. The average Bonchev–Trinajstić information content (AvgIpc) is 3.07. The molecule has 7 rings (SSSR count). The third-order valence-corrected chi connectivity index (χ3v) is 16.4. The van der Waals surface area contributed by atoms with E-state index in [1.54, 1.807) is 22.8 Å². The number of carbonyl (C=O) groups is 2. The number of rotatable bonds is 8. The van der Waals surface area contributed by atoms with Crippen LogP contribution in [0.4, 0.5) is 0 Å². The first-order valence-corrected chi connectivity index (χ1v) is 20.9. The number of carboxylic acids is 2. The van der Waals surface area contributed by atoms with Gasteiger partial charge in [0.1, 0.15) is 0 Å². The maximum absolute atomic E-state index is 13.3. The molecule has 0 amide bonds. The highest BCUT2D eigenvalue weighted by Gasteiger charge is 2.56. The quantitative estimate of drug-likeness (QED) is 0.282. The van der Waals surface area contributed by atoms with Crippen molar-refractivity contribution in [2.45, 2.75) is 145 Å². The predicted molar refractivity (Wildman–Crippen MR) is 212 cm³/mol. The monoisotopic (exact) mass is 706 g/mol. The molecule has 0 radical (unpaired) electrons. The highest BCUT2D eigenvalue weighted by Crippen LogP contribution is 2.65. The van der Waals surface area contributed by atoms with Crippen molar-refractivity contribution in [2.24, 2.45) is 57.2 Å². The molecule has 2 unspecified atom stereocenters. The van der Waals surface area contributed by atoms with E-state index in [0.29, 0.717) is 41.9 Å². The van der Waals surface area contributed by atoms with Gasteiger partial charge in [0.25, 0.3) is 0 Å². The van der Waals surface area contributed by atoms with Crippen LogP contribution in [-0.2, 0) is 12.8 Å². The van der Waals surface area contributed by atoms with E-state index in [9.17, 15) is 19.8 Å². The third kappa shape index (κ3) is 6.11. The zero-order valence-electron chi connectivity index (χ0n) is 33.5. The van der Waals surface area contributed by atoms with Crippen molar-refractivity contribution < 1.29 is 19.8 Å². The van der Waals surface area contributed by atoms with Gasteiger partial charge in [-0.2, -0.15) is 0 Å². The SMILES string of the molecule is CC(C)C1=CC2=CCC3[C@@](C)(Cc4ccc(C(=O)O)c(C(=O)O)c4C[C@@]4(C)CCC[C@@]5(C)C4CC=C4C=C(C(C)C)CC[C@H]45)CCC[C@]3(C)[C@@H]2CC1. The van der Waals surface area contributed by atoms with Gasteiger partial charge in [0.2, 0.25) is 0 Å². The number of allylic oxidation sites excluding steroid dienone is 8. The van der Waals surface area contributed by atoms with Crippen molar-refractivity contribution in [2.75, 3.05) is 0 Å². The lowest BCUT2D eigenvalue weighted by Crippen LogP contribution is -2.51. The Balaban J connectivity index is 1.27. The first kappa shape index (κ1) is 37.4. The fourth-order valence-corrected chi connectivity index (χ4v) is 13.7. The van der Waals surface area contributed by atoms with Crippen LogP contribution in [0, 0.1) is 57.2 Å². The van der Waals surface area contributed by atoms with Gasteiger partial charge in [0, 0.05) is 0 Å². The van der Waals surface area contributed by atoms with Crippen LogP contribution in [0.5, 0.6) is 0 Å². The minimum Gasteiger partial charge on any atom is -0.478 e. The Morgan fingerprint density at radius 3 is 1.62 bits per heavy atom. The number of fused-ring (bicyclic) bond motifs is 6. The molecular weight excluding hydrogens is 641 g/mol. The summed E-state index contributed by atoms with van der Waals surface area (Å²) in [7, 11) is 0. The van der Waals surface area contributed by atoms with E-state index >= 15 is 0 Å². The summed E-state index contributed by atoms with van der Waals surface area (Å²) in [6.07, 6.45) is 25.3. The van der Waals surface area contributed by atoms with Gasteiger partial charge >= 0.3 is 11.9 Å². The van der Waals surface area contributed by atoms with E-state index in [-0.39, 0.29) is 32.8 Å². The van der Waals surface area contributed by atoms with Crippen LogP contribution in [0.1, 0.15) is 164 Å². The lowest BCUT2D eigenvalue weighted by atomic mass is 9.45. The fraction of sp³-hybridized carbons (Fsp3) is 0.667. The molecule has 4 nitrogen and oxygen atoms in total. The molecule has 282 valence electrons. The summed E-state index contributed by atoms with van der Waals surface area (Å²) in [6.45, 7) is 19.3. The minimum atomic E-state index is -1.14. The number of benzene rings is 1. The summed E-state index contributed by atoms with van der Waals surface area (Å²) in [5, 5.41) is 21.2. The van der Waals surface area contributed by atoms with E-state index in [2.05, 4.69) is 79.7 Å². The first-order valence-electron chi connectivity index (χ1n) is 20.9. The summed E-state index contributed by atoms with van der Waals surface area (Å²) in [4.78, 5) is 25.9. The minimum absolute atomic E-state index is 0.000646. The number of aromatic carboxylic acids is 2. The van der Waals surface area contributed by atoms with E-state index in [4.69, 9.17) is 0 Å². The van der Waals surface area contributed by atoms with Crippen LogP contribution in [0.3, 0.4) is 0 Å². The van der Waals surface area contributed by atoms with Crippen molar-refractivity contribution >= 4 is 11.9 Å². The van der Waals surface area contributed by atoms with Gasteiger partial charge in [-0.05, 0) is 163 Å². The van der Waals surface area contributed by atoms with E-state index in [1.165, 1.54) is 44.1 Å². The molecule has 0 bridgehead atoms. The molecule has 52 heavy (non-hydrogen) atoms. The third-order valence-electron chi connectivity index (χ3n) is 16.4. The lowest BCUT2D eigenvalue weighted by molar-refractivity contribution is -0.0514. The molecule has 0 aliphatic heterocycles. The van der Waals surface area contributed by atoms with Gasteiger partial charge < -0.3 is 10.2 Å². The smallest absolute Gasteiger partial charge is 0.336 e. The number of hydrogen-bond acceptors (Lipinski definition) is 2. The summed E-state index contributed by atoms with van der Waals surface area (Å²) in [6, 6.07) is 3.63. The highest BCUT2D eigenvalue weighted by atomic mass is 16.4. The largest absolute Gasteiger partial charge is 0.478 e. The molecule has 1 aromatic carbocycles. The van der Waals surface area contributed by atoms with E-state index < -0.39 is 11.9 Å². The Labute approximate surface area is 314 Å². The van der Waals surface area contributed by atoms with Crippen LogP contribution in [0.2, 0.25) is 0 Å². The van der Waals surface area contributed by atoms with Gasteiger partial charge in [-0.15, -0.1) is 0 Å². The maximum atomic E-state index is 13.3. The summed E-state index contributed by atoms with van der Waals surface area (Å²) in [5.74, 6) is 0.958. The van der Waals surface area contributed by atoms with Gasteiger partial charge in [0.15, 0.2) is 0 Å². The molecule has 0 heterocycles. The Morgan fingerprint density at radius 1 is 0.692 bits per heavy atom. The van der Waals surface area contributed by atoms with Crippen LogP contribution >= 0.6 is 0 Å². The second kappa shape index (κ2) is 13.5. The Kier molecular flexibility index (Phi) is 9.68. The van der Waals surface area contributed by atoms with E-state index in [0.717, 1.165) is 56.1 Å². The Hall–Kier alpha value is -2.88. The van der Waals surface area contributed by atoms with Crippen LogP contribution in [-0.4, -0.2) is 22.2 Å².